The zero-order valence-electron chi connectivity index (χ0n) is 13.4. The highest BCUT2D eigenvalue weighted by Gasteiger charge is 2.21. The molecule has 1 aromatic carbocycles. The summed E-state index contributed by atoms with van der Waals surface area (Å²) in [4.78, 5) is 2.55. The van der Waals surface area contributed by atoms with Crippen molar-refractivity contribution < 1.29 is 0 Å². The van der Waals surface area contributed by atoms with Gasteiger partial charge >= 0.3 is 0 Å². The standard InChI is InChI=1S/C18H26N4/c1-16-12-20-22(13-16)10-5-9-19-18-8-11-21(15-18)14-17-6-3-2-4-7-17/h2-4,6-7,12-13,18-19H,5,8-11,14-15H2,1H3/t18-/m0/s1. The molecule has 22 heavy (non-hydrogen) atoms. The first kappa shape index (κ1) is 15.3. The number of nitrogens with one attached hydrogen (secondary N) is 1. The maximum atomic E-state index is 4.32. The highest BCUT2D eigenvalue weighted by Crippen LogP contribution is 2.13. The van der Waals surface area contributed by atoms with Gasteiger partial charge in [0.05, 0.1) is 6.20 Å². The Labute approximate surface area is 133 Å². The van der Waals surface area contributed by atoms with Crippen molar-refractivity contribution >= 4 is 0 Å². The lowest BCUT2D eigenvalue weighted by molar-refractivity contribution is 0.319. The Morgan fingerprint density at radius 1 is 1.27 bits per heavy atom. The molecule has 1 aliphatic heterocycles. The third-order valence-corrected chi connectivity index (χ3v) is 4.28. The number of rotatable bonds is 7. The monoisotopic (exact) mass is 298 g/mol. The van der Waals surface area contributed by atoms with Gasteiger partial charge in [0.15, 0.2) is 0 Å². The van der Waals surface area contributed by atoms with Crippen LogP contribution >= 0.6 is 0 Å². The largest absolute Gasteiger partial charge is 0.313 e. The van der Waals surface area contributed by atoms with E-state index in [9.17, 15) is 0 Å². The molecule has 118 valence electrons. The van der Waals surface area contributed by atoms with Gasteiger partial charge in [-0.1, -0.05) is 30.3 Å². The lowest BCUT2D eigenvalue weighted by atomic mass is 10.2. The normalized spacial score (nSPS) is 18.9. The summed E-state index contributed by atoms with van der Waals surface area (Å²) in [5.74, 6) is 0. The van der Waals surface area contributed by atoms with Gasteiger partial charge in [-0.25, -0.2) is 0 Å². The molecule has 2 aromatic rings. The van der Waals surface area contributed by atoms with Crippen LogP contribution in [0.5, 0.6) is 0 Å². The lowest BCUT2D eigenvalue weighted by Crippen LogP contribution is -2.33. The molecule has 1 saturated heterocycles. The molecule has 0 amide bonds. The summed E-state index contributed by atoms with van der Waals surface area (Å²) in [6.07, 6.45) is 6.42. The summed E-state index contributed by atoms with van der Waals surface area (Å²) in [6, 6.07) is 11.4. The maximum Gasteiger partial charge on any atom is 0.0518 e. The Morgan fingerprint density at radius 2 is 2.14 bits per heavy atom. The minimum atomic E-state index is 0.642. The molecule has 4 nitrogen and oxygen atoms in total. The van der Waals surface area contributed by atoms with Crippen LogP contribution in [-0.2, 0) is 13.1 Å². The van der Waals surface area contributed by atoms with Gasteiger partial charge in [-0.2, -0.15) is 5.10 Å². The Balaban J connectivity index is 1.33. The lowest BCUT2D eigenvalue weighted by Gasteiger charge is -2.16. The van der Waals surface area contributed by atoms with E-state index in [2.05, 4.69) is 58.8 Å². The van der Waals surface area contributed by atoms with Crippen molar-refractivity contribution in [3.63, 3.8) is 0 Å². The van der Waals surface area contributed by atoms with Gasteiger partial charge < -0.3 is 5.32 Å². The van der Waals surface area contributed by atoms with Crippen LogP contribution in [-0.4, -0.2) is 40.4 Å². The van der Waals surface area contributed by atoms with Crippen LogP contribution in [0.1, 0.15) is 24.0 Å². The van der Waals surface area contributed by atoms with Gasteiger partial charge in [0.1, 0.15) is 0 Å². The number of aryl methyl sites for hydroxylation is 2. The topological polar surface area (TPSA) is 33.1 Å². The molecule has 0 unspecified atom stereocenters. The Hall–Kier alpha value is -1.65. The van der Waals surface area contributed by atoms with E-state index >= 15 is 0 Å². The molecule has 3 rings (SSSR count). The number of nitrogens with zero attached hydrogens (tertiary/aromatic N) is 3. The predicted octanol–water partition coefficient (Wildman–Crippen LogP) is 2.45. The molecule has 4 heteroatoms. The van der Waals surface area contributed by atoms with Crippen molar-refractivity contribution in [1.82, 2.24) is 20.0 Å². The molecule has 0 saturated carbocycles. The molecule has 0 aliphatic carbocycles. The van der Waals surface area contributed by atoms with Crippen LogP contribution in [0.25, 0.3) is 0 Å². The molecular formula is C18H26N4. The molecule has 0 radical (unpaired) electrons. The van der Waals surface area contributed by atoms with Gasteiger partial charge in [-0.15, -0.1) is 0 Å². The zero-order valence-corrected chi connectivity index (χ0v) is 13.4. The number of hydrogen-bond donors (Lipinski definition) is 1. The summed E-state index contributed by atoms with van der Waals surface area (Å²) in [5.41, 5.74) is 2.65. The summed E-state index contributed by atoms with van der Waals surface area (Å²) >= 11 is 0. The van der Waals surface area contributed by atoms with Crippen molar-refractivity contribution in [2.24, 2.45) is 0 Å². The van der Waals surface area contributed by atoms with Crippen LogP contribution in [0, 0.1) is 6.92 Å². The minimum Gasteiger partial charge on any atom is -0.313 e. The smallest absolute Gasteiger partial charge is 0.0518 e. The third-order valence-electron chi connectivity index (χ3n) is 4.28. The third kappa shape index (κ3) is 4.42. The van der Waals surface area contributed by atoms with E-state index in [1.165, 1.54) is 24.1 Å². The SMILES string of the molecule is Cc1cnn(CCCN[C@H]2CCN(Cc3ccccc3)C2)c1. The fraction of sp³-hybridized carbons (Fsp3) is 0.500. The fourth-order valence-electron chi connectivity index (χ4n) is 3.12. The molecule has 2 heterocycles. The van der Waals surface area contributed by atoms with E-state index in [1.54, 1.807) is 0 Å². The summed E-state index contributed by atoms with van der Waals surface area (Å²) in [6.45, 7) is 7.60. The van der Waals surface area contributed by atoms with E-state index in [-0.39, 0.29) is 0 Å². The van der Waals surface area contributed by atoms with E-state index < -0.39 is 0 Å². The fourth-order valence-corrected chi connectivity index (χ4v) is 3.12. The molecule has 1 N–H and O–H groups in total. The van der Waals surface area contributed by atoms with E-state index in [1.807, 2.05) is 10.9 Å². The molecule has 1 fully saturated rings. The highest BCUT2D eigenvalue weighted by atomic mass is 15.3. The van der Waals surface area contributed by atoms with Gasteiger partial charge in [0.2, 0.25) is 0 Å². The van der Waals surface area contributed by atoms with Crippen molar-refractivity contribution in [3.05, 3.63) is 53.9 Å². The second kappa shape index (κ2) is 7.56. The molecule has 1 aromatic heterocycles. The molecule has 1 aliphatic rings. The Kier molecular flexibility index (Phi) is 5.24. The van der Waals surface area contributed by atoms with Crippen LogP contribution in [0.15, 0.2) is 42.7 Å². The van der Waals surface area contributed by atoms with E-state index in [0.717, 1.165) is 32.6 Å². The average molecular weight is 298 g/mol. The van der Waals surface area contributed by atoms with Crippen LogP contribution in [0.4, 0.5) is 0 Å². The van der Waals surface area contributed by atoms with Gasteiger partial charge in [0, 0.05) is 38.4 Å². The first-order chi connectivity index (χ1) is 10.8. The van der Waals surface area contributed by atoms with Gasteiger partial charge in [-0.3, -0.25) is 9.58 Å². The van der Waals surface area contributed by atoms with Crippen LogP contribution in [0.2, 0.25) is 0 Å². The molecular weight excluding hydrogens is 272 g/mol. The minimum absolute atomic E-state index is 0.642. The Bertz CT molecular complexity index is 563. The van der Waals surface area contributed by atoms with E-state index in [0.29, 0.717) is 6.04 Å². The quantitative estimate of drug-likeness (QED) is 0.797. The molecule has 1 atom stereocenters. The van der Waals surface area contributed by atoms with Crippen LogP contribution < -0.4 is 5.32 Å². The van der Waals surface area contributed by atoms with Crippen molar-refractivity contribution in [1.29, 1.82) is 0 Å². The first-order valence-electron chi connectivity index (χ1n) is 8.28. The number of benzene rings is 1. The van der Waals surface area contributed by atoms with E-state index in [4.69, 9.17) is 0 Å². The second-order valence-corrected chi connectivity index (χ2v) is 6.29. The maximum absolute atomic E-state index is 4.32. The molecule has 0 spiro atoms. The van der Waals surface area contributed by atoms with Gasteiger partial charge in [0.25, 0.3) is 0 Å². The van der Waals surface area contributed by atoms with Gasteiger partial charge in [-0.05, 0) is 37.4 Å². The summed E-state index contributed by atoms with van der Waals surface area (Å²) in [7, 11) is 0. The Morgan fingerprint density at radius 3 is 2.91 bits per heavy atom. The summed E-state index contributed by atoms with van der Waals surface area (Å²) in [5, 5.41) is 8.02. The average Bonchev–Trinajstić information content (AvgIpc) is 3.14. The van der Waals surface area contributed by atoms with Crippen molar-refractivity contribution in [2.45, 2.75) is 38.9 Å². The second-order valence-electron chi connectivity index (χ2n) is 6.29. The van der Waals surface area contributed by atoms with Crippen molar-refractivity contribution in [3.8, 4) is 0 Å². The number of hydrogen-bond acceptors (Lipinski definition) is 3. The first-order valence-corrected chi connectivity index (χ1v) is 8.28. The van der Waals surface area contributed by atoms with Crippen LogP contribution in [0.3, 0.4) is 0 Å². The number of aromatic nitrogens is 2. The molecule has 0 bridgehead atoms. The summed E-state index contributed by atoms with van der Waals surface area (Å²) < 4.78 is 2.04. The van der Waals surface area contributed by atoms with Crippen molar-refractivity contribution in [2.75, 3.05) is 19.6 Å². The number of likely N-dealkylation sites (tertiary alicyclic amines) is 1. The zero-order chi connectivity index (χ0) is 15.2. The predicted molar refractivity (Wildman–Crippen MR) is 89.7 cm³/mol. The highest BCUT2D eigenvalue weighted by molar-refractivity contribution is 5.14.